The summed E-state index contributed by atoms with van der Waals surface area (Å²) in [5.74, 6) is 1.90. The van der Waals surface area contributed by atoms with Gasteiger partial charge in [0.1, 0.15) is 5.82 Å². The Morgan fingerprint density at radius 2 is 1.48 bits per heavy atom. The minimum absolute atomic E-state index is 0.103. The molecule has 0 radical (unpaired) electrons. The quantitative estimate of drug-likeness (QED) is 0.434. The van der Waals surface area contributed by atoms with Crippen LogP contribution in [0.5, 0.6) is 0 Å². The van der Waals surface area contributed by atoms with E-state index in [4.69, 9.17) is 0 Å². The Hall–Kier alpha value is -3.41. The smallest absolute Gasteiger partial charge is 0.229 e. The molecule has 0 bridgehead atoms. The van der Waals surface area contributed by atoms with Gasteiger partial charge in [-0.2, -0.15) is 4.98 Å². The highest BCUT2D eigenvalue weighted by Gasteiger charge is 2.18. The van der Waals surface area contributed by atoms with E-state index in [1.54, 1.807) is 0 Å². The van der Waals surface area contributed by atoms with Crippen LogP contribution in [0.2, 0.25) is 0 Å². The molecule has 6 heteroatoms. The Labute approximate surface area is 183 Å². The number of nitrogens with zero attached hydrogens (tertiary/aromatic N) is 2. The molecule has 2 aromatic carbocycles. The van der Waals surface area contributed by atoms with E-state index in [0.717, 1.165) is 22.8 Å². The highest BCUT2D eigenvalue weighted by molar-refractivity contribution is 5.91. The van der Waals surface area contributed by atoms with Crippen molar-refractivity contribution < 1.29 is 4.79 Å². The van der Waals surface area contributed by atoms with Gasteiger partial charge in [0.25, 0.3) is 0 Å². The zero-order valence-electron chi connectivity index (χ0n) is 18.1. The lowest BCUT2D eigenvalue weighted by Gasteiger charge is -2.12. The van der Waals surface area contributed by atoms with Gasteiger partial charge < -0.3 is 16.0 Å². The van der Waals surface area contributed by atoms with Gasteiger partial charge in [-0.25, -0.2) is 4.98 Å². The maximum absolute atomic E-state index is 12.2. The van der Waals surface area contributed by atoms with Gasteiger partial charge in [0.15, 0.2) is 0 Å². The van der Waals surface area contributed by atoms with Gasteiger partial charge in [-0.15, -0.1) is 0 Å². The maximum Gasteiger partial charge on any atom is 0.229 e. The Balaban J connectivity index is 1.37. The molecule has 0 spiro atoms. The number of hydrogen-bond acceptors (Lipinski definition) is 5. The van der Waals surface area contributed by atoms with E-state index in [2.05, 4.69) is 32.8 Å². The molecule has 1 amide bonds. The summed E-state index contributed by atoms with van der Waals surface area (Å²) < 4.78 is 0. The molecule has 1 saturated carbocycles. The monoisotopic (exact) mass is 415 g/mol. The lowest BCUT2D eigenvalue weighted by atomic mass is 10.0. The van der Waals surface area contributed by atoms with Crippen molar-refractivity contribution in [3.05, 3.63) is 65.9 Å². The van der Waals surface area contributed by atoms with Crippen molar-refractivity contribution in [3.8, 4) is 0 Å². The molecule has 1 aliphatic carbocycles. The lowest BCUT2D eigenvalue weighted by molar-refractivity contribution is -0.117. The number of amides is 1. The SMILES string of the molecule is Cc1ccc(Nc2nc(C)cc(Nc3ccc(NC(=O)CC4CCCC4)cc3)n2)cc1. The molecule has 4 rings (SSSR count). The van der Waals surface area contributed by atoms with Crippen LogP contribution in [0.1, 0.15) is 43.4 Å². The number of carbonyl (C=O) groups excluding carboxylic acids is 1. The zero-order valence-corrected chi connectivity index (χ0v) is 18.1. The van der Waals surface area contributed by atoms with Crippen molar-refractivity contribution in [1.29, 1.82) is 0 Å². The van der Waals surface area contributed by atoms with Crippen LogP contribution in [0.15, 0.2) is 54.6 Å². The summed E-state index contributed by atoms with van der Waals surface area (Å²) in [7, 11) is 0. The maximum atomic E-state index is 12.2. The summed E-state index contributed by atoms with van der Waals surface area (Å²) in [4.78, 5) is 21.3. The van der Waals surface area contributed by atoms with E-state index < -0.39 is 0 Å². The second-order valence-electron chi connectivity index (χ2n) is 8.31. The van der Waals surface area contributed by atoms with E-state index in [1.807, 2.05) is 61.5 Å². The predicted octanol–water partition coefficient (Wildman–Crippen LogP) is 6.10. The summed E-state index contributed by atoms with van der Waals surface area (Å²) >= 11 is 0. The third-order valence-electron chi connectivity index (χ3n) is 5.55. The highest BCUT2D eigenvalue weighted by atomic mass is 16.1. The molecular weight excluding hydrogens is 386 g/mol. The molecular formula is C25H29N5O. The topological polar surface area (TPSA) is 78.9 Å². The standard InChI is InChI=1S/C25H29N5O/c1-17-7-9-22(10-8-17)29-25-26-18(2)15-23(30-25)27-20-11-13-21(14-12-20)28-24(31)16-19-5-3-4-6-19/h7-15,19H,3-6,16H2,1-2H3,(H,28,31)(H2,26,27,29,30). The van der Waals surface area contributed by atoms with Crippen LogP contribution in [0, 0.1) is 19.8 Å². The van der Waals surface area contributed by atoms with E-state index in [0.29, 0.717) is 24.1 Å². The number of aryl methyl sites for hydroxylation is 2. The van der Waals surface area contributed by atoms with Crippen LogP contribution in [-0.2, 0) is 4.79 Å². The van der Waals surface area contributed by atoms with E-state index in [1.165, 1.54) is 31.2 Å². The van der Waals surface area contributed by atoms with Gasteiger partial charge in [-0.1, -0.05) is 30.5 Å². The van der Waals surface area contributed by atoms with Crippen LogP contribution < -0.4 is 16.0 Å². The molecule has 1 aliphatic rings. The molecule has 6 nitrogen and oxygen atoms in total. The number of anilines is 5. The Kier molecular flexibility index (Phi) is 6.46. The Morgan fingerprint density at radius 3 is 2.19 bits per heavy atom. The summed E-state index contributed by atoms with van der Waals surface area (Å²) in [5.41, 5.74) is 4.72. The molecule has 3 aromatic rings. The van der Waals surface area contributed by atoms with Gasteiger partial charge in [0.05, 0.1) is 0 Å². The molecule has 1 fully saturated rings. The van der Waals surface area contributed by atoms with Gasteiger partial charge >= 0.3 is 0 Å². The van der Waals surface area contributed by atoms with Crippen LogP contribution >= 0.6 is 0 Å². The fourth-order valence-electron chi connectivity index (χ4n) is 3.93. The van der Waals surface area contributed by atoms with Crippen LogP contribution in [0.3, 0.4) is 0 Å². The van der Waals surface area contributed by atoms with Crippen molar-refractivity contribution in [3.63, 3.8) is 0 Å². The summed E-state index contributed by atoms with van der Waals surface area (Å²) in [6.45, 7) is 4.00. The van der Waals surface area contributed by atoms with E-state index in [-0.39, 0.29) is 5.91 Å². The van der Waals surface area contributed by atoms with E-state index >= 15 is 0 Å². The molecule has 0 saturated heterocycles. The van der Waals surface area contributed by atoms with E-state index in [9.17, 15) is 4.79 Å². The van der Waals surface area contributed by atoms with Crippen LogP contribution in [-0.4, -0.2) is 15.9 Å². The molecule has 31 heavy (non-hydrogen) atoms. The summed E-state index contributed by atoms with van der Waals surface area (Å²) in [6, 6.07) is 17.7. The van der Waals surface area contributed by atoms with Crippen molar-refractivity contribution in [1.82, 2.24) is 9.97 Å². The van der Waals surface area contributed by atoms with Crippen molar-refractivity contribution in [2.75, 3.05) is 16.0 Å². The third kappa shape index (κ3) is 6.04. The Bertz CT molecular complexity index is 1020. The van der Waals surface area contributed by atoms with Gasteiger partial charge in [0.2, 0.25) is 11.9 Å². The van der Waals surface area contributed by atoms with Crippen molar-refractivity contribution in [2.45, 2.75) is 46.0 Å². The summed E-state index contributed by atoms with van der Waals surface area (Å²) in [6.07, 6.45) is 5.48. The molecule has 160 valence electrons. The van der Waals surface area contributed by atoms with Gasteiger partial charge in [0, 0.05) is 35.2 Å². The fourth-order valence-corrected chi connectivity index (χ4v) is 3.93. The average molecular weight is 416 g/mol. The van der Waals surface area contributed by atoms with Gasteiger partial charge in [-0.3, -0.25) is 4.79 Å². The first-order valence-electron chi connectivity index (χ1n) is 10.9. The first-order chi connectivity index (χ1) is 15.0. The summed E-state index contributed by atoms with van der Waals surface area (Å²) in [5, 5.41) is 9.57. The number of benzene rings is 2. The second kappa shape index (κ2) is 9.60. The minimum Gasteiger partial charge on any atom is -0.340 e. The second-order valence-corrected chi connectivity index (χ2v) is 8.31. The lowest BCUT2D eigenvalue weighted by Crippen LogP contribution is -2.15. The average Bonchev–Trinajstić information content (AvgIpc) is 3.24. The minimum atomic E-state index is 0.103. The largest absolute Gasteiger partial charge is 0.340 e. The molecule has 0 atom stereocenters. The van der Waals surface area contributed by atoms with Crippen LogP contribution in [0.4, 0.5) is 28.8 Å². The number of aromatic nitrogens is 2. The molecule has 0 unspecified atom stereocenters. The number of carbonyl (C=O) groups is 1. The number of rotatable bonds is 7. The molecule has 1 heterocycles. The van der Waals surface area contributed by atoms with Crippen LogP contribution in [0.25, 0.3) is 0 Å². The molecule has 3 N–H and O–H groups in total. The van der Waals surface area contributed by atoms with Gasteiger partial charge in [-0.05, 0) is 69.0 Å². The number of hydrogen-bond donors (Lipinski definition) is 3. The highest BCUT2D eigenvalue weighted by Crippen LogP contribution is 2.28. The van der Waals surface area contributed by atoms with Crippen molar-refractivity contribution >= 4 is 34.7 Å². The third-order valence-corrected chi connectivity index (χ3v) is 5.55. The zero-order chi connectivity index (χ0) is 21.6. The normalized spacial score (nSPS) is 13.7. The Morgan fingerprint density at radius 1 is 0.871 bits per heavy atom. The first kappa shape index (κ1) is 20.8. The number of nitrogens with one attached hydrogen (secondary N) is 3. The fraction of sp³-hybridized carbons (Fsp3) is 0.320. The predicted molar refractivity (Wildman–Crippen MR) is 126 cm³/mol. The van der Waals surface area contributed by atoms with Crippen molar-refractivity contribution in [2.24, 2.45) is 5.92 Å². The molecule has 0 aliphatic heterocycles. The first-order valence-corrected chi connectivity index (χ1v) is 10.9. The molecule has 1 aromatic heterocycles.